The van der Waals surface area contributed by atoms with Gasteiger partial charge in [0.2, 0.25) is 0 Å². The summed E-state index contributed by atoms with van der Waals surface area (Å²) in [4.78, 5) is 19.6. The fraction of sp³-hybridized carbons (Fsp3) is 0.375. The van der Waals surface area contributed by atoms with Crippen LogP contribution in [0.4, 0.5) is 0 Å². The van der Waals surface area contributed by atoms with E-state index >= 15 is 0 Å². The number of methoxy groups -OCH3 is 1. The highest BCUT2D eigenvalue weighted by Crippen LogP contribution is 2.31. The van der Waals surface area contributed by atoms with Gasteiger partial charge >= 0.3 is 0 Å². The summed E-state index contributed by atoms with van der Waals surface area (Å²) >= 11 is 1.41. The zero-order valence-electron chi connectivity index (χ0n) is 13.0. The smallest absolute Gasteiger partial charge is 0.255 e. The number of nitrogens with zero attached hydrogens (tertiary/aromatic N) is 1. The van der Waals surface area contributed by atoms with E-state index in [4.69, 9.17) is 4.74 Å². The van der Waals surface area contributed by atoms with Crippen LogP contribution in [-0.2, 0) is 12.8 Å². The fourth-order valence-electron chi connectivity index (χ4n) is 2.31. The Hall–Kier alpha value is -1.95. The van der Waals surface area contributed by atoms with Crippen LogP contribution in [-0.4, -0.2) is 28.4 Å². The lowest BCUT2D eigenvalue weighted by Gasteiger charge is -2.11. The molecule has 1 aromatic heterocycles. The summed E-state index contributed by atoms with van der Waals surface area (Å²) in [5.41, 5.74) is 1.90. The van der Waals surface area contributed by atoms with Crippen molar-refractivity contribution >= 4 is 11.8 Å². The number of phenols is 1. The number of nitrogens with one attached hydrogen (secondary N) is 1. The van der Waals surface area contributed by atoms with Gasteiger partial charge in [0.25, 0.3) is 5.56 Å². The van der Waals surface area contributed by atoms with E-state index in [0.717, 1.165) is 18.5 Å². The molecule has 0 atom stereocenters. The number of thioether (sulfide) groups is 1. The number of hydrogen-bond acceptors (Lipinski definition) is 5. The van der Waals surface area contributed by atoms with Gasteiger partial charge < -0.3 is 14.8 Å². The number of ether oxygens (including phenoxy) is 1. The number of hydrogen-bond donors (Lipinski definition) is 2. The van der Waals surface area contributed by atoms with Crippen LogP contribution in [0.3, 0.4) is 0 Å². The Bertz CT molecular complexity index is 713. The molecule has 2 aromatic rings. The molecular formula is C16H20N2O3S. The summed E-state index contributed by atoms with van der Waals surface area (Å²) in [7, 11) is 1.50. The van der Waals surface area contributed by atoms with E-state index in [2.05, 4.69) is 16.9 Å². The molecule has 0 aliphatic carbocycles. The first kappa shape index (κ1) is 16.4. The minimum absolute atomic E-state index is 0.0702. The maximum absolute atomic E-state index is 12.3. The number of H-pyrrole nitrogens is 1. The summed E-state index contributed by atoms with van der Waals surface area (Å²) in [5.74, 6) is 0.473. The predicted molar refractivity (Wildman–Crippen MR) is 88.1 cm³/mol. The van der Waals surface area contributed by atoms with Gasteiger partial charge in [-0.05, 0) is 18.7 Å². The third-order valence-electron chi connectivity index (χ3n) is 3.43. The molecule has 2 N–H and O–H groups in total. The van der Waals surface area contributed by atoms with E-state index in [-0.39, 0.29) is 11.3 Å². The summed E-state index contributed by atoms with van der Waals surface area (Å²) in [5, 5.41) is 10.8. The first-order valence-corrected chi connectivity index (χ1v) is 8.34. The molecule has 0 bridgehead atoms. The van der Waals surface area contributed by atoms with Crippen molar-refractivity contribution in [1.29, 1.82) is 0 Å². The number of rotatable bonds is 6. The van der Waals surface area contributed by atoms with Crippen molar-refractivity contribution in [3.8, 4) is 11.5 Å². The Kier molecular flexibility index (Phi) is 5.49. The summed E-state index contributed by atoms with van der Waals surface area (Å²) in [6, 6.07) is 5.27. The zero-order valence-corrected chi connectivity index (χ0v) is 13.8. The average molecular weight is 320 g/mol. The van der Waals surface area contributed by atoms with Crippen molar-refractivity contribution in [2.75, 3.05) is 13.4 Å². The second kappa shape index (κ2) is 7.35. The second-order valence-corrected chi connectivity index (χ2v) is 5.69. The highest BCUT2D eigenvalue weighted by molar-refractivity contribution is 7.98. The minimum Gasteiger partial charge on any atom is -0.504 e. The predicted octanol–water partition coefficient (Wildman–Crippen LogP) is 2.75. The monoisotopic (exact) mass is 320 g/mol. The Morgan fingerprint density at radius 2 is 2.18 bits per heavy atom. The molecule has 0 radical (unpaired) electrons. The van der Waals surface area contributed by atoms with Crippen LogP contribution in [0.5, 0.6) is 11.5 Å². The van der Waals surface area contributed by atoms with Crippen LogP contribution in [0, 0.1) is 0 Å². The van der Waals surface area contributed by atoms with Gasteiger partial charge in [-0.2, -0.15) is 0 Å². The number of benzene rings is 1. The maximum Gasteiger partial charge on any atom is 0.255 e. The Balaban J connectivity index is 2.47. The molecule has 0 fully saturated rings. The van der Waals surface area contributed by atoms with Gasteiger partial charge in [0.1, 0.15) is 0 Å². The molecular weight excluding hydrogens is 300 g/mol. The lowest BCUT2D eigenvalue weighted by Crippen LogP contribution is -2.19. The molecule has 5 nitrogen and oxygen atoms in total. The topological polar surface area (TPSA) is 75.2 Å². The first-order valence-electron chi connectivity index (χ1n) is 7.11. The van der Waals surface area contributed by atoms with Crippen molar-refractivity contribution in [3.63, 3.8) is 0 Å². The van der Waals surface area contributed by atoms with Gasteiger partial charge in [0.15, 0.2) is 16.7 Å². The number of aryl methyl sites for hydroxylation is 1. The molecule has 0 saturated carbocycles. The van der Waals surface area contributed by atoms with E-state index < -0.39 is 0 Å². The summed E-state index contributed by atoms with van der Waals surface area (Å²) in [6.07, 6.45) is 3.84. The van der Waals surface area contributed by atoms with E-state index in [0.29, 0.717) is 28.5 Å². The minimum atomic E-state index is -0.148. The summed E-state index contributed by atoms with van der Waals surface area (Å²) in [6.45, 7) is 2.05. The number of aromatic amines is 1. The number of aromatic nitrogens is 2. The van der Waals surface area contributed by atoms with Crippen LogP contribution < -0.4 is 10.3 Å². The van der Waals surface area contributed by atoms with Gasteiger partial charge in [-0.3, -0.25) is 4.79 Å². The molecule has 6 heteroatoms. The average Bonchev–Trinajstić information content (AvgIpc) is 2.52. The molecule has 0 aliphatic rings. The maximum atomic E-state index is 12.3. The highest BCUT2D eigenvalue weighted by Gasteiger charge is 2.15. The van der Waals surface area contributed by atoms with Crippen LogP contribution in [0.25, 0.3) is 0 Å². The van der Waals surface area contributed by atoms with Crippen molar-refractivity contribution < 1.29 is 9.84 Å². The van der Waals surface area contributed by atoms with Crippen LogP contribution in [0.15, 0.2) is 28.2 Å². The second-order valence-electron chi connectivity index (χ2n) is 4.90. The Labute approximate surface area is 133 Å². The van der Waals surface area contributed by atoms with Crippen LogP contribution in [0.1, 0.15) is 30.2 Å². The molecule has 2 rings (SSSR count). The van der Waals surface area contributed by atoms with Gasteiger partial charge in [-0.1, -0.05) is 37.2 Å². The van der Waals surface area contributed by atoms with Gasteiger partial charge in [-0.25, -0.2) is 4.98 Å². The SMILES string of the molecule is CCCc1nc(SC)[nH]c(=O)c1Cc1cccc(OC)c1O. The molecule has 118 valence electrons. The number of aromatic hydroxyl groups is 1. The number of phenolic OH excluding ortho intramolecular Hbond substituents is 1. The molecule has 0 saturated heterocycles. The molecule has 0 unspecified atom stereocenters. The molecule has 22 heavy (non-hydrogen) atoms. The summed E-state index contributed by atoms with van der Waals surface area (Å²) < 4.78 is 5.11. The first-order chi connectivity index (χ1) is 10.6. The van der Waals surface area contributed by atoms with Gasteiger partial charge in [0.05, 0.1) is 12.8 Å². The quantitative estimate of drug-likeness (QED) is 0.632. The lowest BCUT2D eigenvalue weighted by atomic mass is 10.0. The molecule has 1 heterocycles. The third kappa shape index (κ3) is 3.44. The molecule has 0 spiro atoms. The van der Waals surface area contributed by atoms with Gasteiger partial charge in [-0.15, -0.1) is 0 Å². The normalized spacial score (nSPS) is 10.7. The van der Waals surface area contributed by atoms with Crippen molar-refractivity contribution in [2.24, 2.45) is 0 Å². The van der Waals surface area contributed by atoms with Crippen molar-refractivity contribution in [2.45, 2.75) is 31.3 Å². The Morgan fingerprint density at radius 3 is 2.82 bits per heavy atom. The van der Waals surface area contributed by atoms with Crippen LogP contribution >= 0.6 is 11.8 Å². The lowest BCUT2D eigenvalue weighted by molar-refractivity contribution is 0.371. The zero-order chi connectivity index (χ0) is 16.1. The van der Waals surface area contributed by atoms with Crippen molar-refractivity contribution in [3.05, 3.63) is 45.4 Å². The van der Waals surface area contributed by atoms with Crippen molar-refractivity contribution in [1.82, 2.24) is 9.97 Å². The molecule has 1 aromatic carbocycles. The van der Waals surface area contributed by atoms with E-state index in [1.54, 1.807) is 18.2 Å². The number of para-hydroxylation sites is 1. The van der Waals surface area contributed by atoms with E-state index in [1.807, 2.05) is 6.26 Å². The van der Waals surface area contributed by atoms with Crippen LogP contribution in [0.2, 0.25) is 0 Å². The molecule has 0 aliphatic heterocycles. The Morgan fingerprint density at radius 1 is 1.41 bits per heavy atom. The van der Waals surface area contributed by atoms with E-state index in [9.17, 15) is 9.90 Å². The van der Waals surface area contributed by atoms with Gasteiger partial charge in [0, 0.05) is 17.5 Å². The third-order valence-corrected chi connectivity index (χ3v) is 4.01. The fourth-order valence-corrected chi connectivity index (χ4v) is 2.71. The molecule has 0 amide bonds. The standard InChI is InChI=1S/C16H20N2O3S/c1-4-6-12-11(15(20)18-16(17-12)22-3)9-10-7-5-8-13(21-2)14(10)19/h5,7-8,19H,4,6,9H2,1-3H3,(H,17,18,20). The highest BCUT2D eigenvalue weighted by atomic mass is 32.2. The van der Waals surface area contributed by atoms with E-state index in [1.165, 1.54) is 18.9 Å². The largest absolute Gasteiger partial charge is 0.504 e.